The van der Waals surface area contributed by atoms with Crippen LogP contribution in [0.15, 0.2) is 53.4 Å². The van der Waals surface area contributed by atoms with Crippen LogP contribution >= 0.6 is 24.0 Å². The summed E-state index contributed by atoms with van der Waals surface area (Å²) < 4.78 is 5.78. The zero-order valence-electron chi connectivity index (χ0n) is 15.6. The molecule has 2 amide bonds. The van der Waals surface area contributed by atoms with E-state index in [1.807, 2.05) is 55.5 Å². The lowest BCUT2D eigenvalue weighted by atomic mass is 10.2. The van der Waals surface area contributed by atoms with Crippen molar-refractivity contribution in [3.8, 4) is 5.75 Å². The summed E-state index contributed by atoms with van der Waals surface area (Å²) in [6.07, 6.45) is 1.94. The van der Waals surface area contributed by atoms with Crippen molar-refractivity contribution in [1.29, 1.82) is 0 Å². The molecule has 3 rings (SSSR count). The molecule has 7 heteroatoms. The first kappa shape index (κ1) is 20.1. The number of aryl methyl sites for hydroxylation is 1. The number of hydrogen-bond acceptors (Lipinski definition) is 5. The fourth-order valence-corrected chi connectivity index (χ4v) is 4.08. The number of amides is 2. The predicted octanol–water partition coefficient (Wildman–Crippen LogP) is 4.23. The van der Waals surface area contributed by atoms with Gasteiger partial charge in [-0.2, -0.15) is 0 Å². The van der Waals surface area contributed by atoms with Crippen molar-refractivity contribution in [2.75, 3.05) is 19.0 Å². The van der Waals surface area contributed by atoms with Crippen LogP contribution in [0.5, 0.6) is 5.75 Å². The van der Waals surface area contributed by atoms with Crippen molar-refractivity contribution in [2.24, 2.45) is 0 Å². The Labute approximate surface area is 173 Å². The van der Waals surface area contributed by atoms with Crippen molar-refractivity contribution >= 4 is 51.9 Å². The highest BCUT2D eigenvalue weighted by Crippen LogP contribution is 2.34. The average Bonchev–Trinajstić information content (AvgIpc) is 2.93. The topological polar surface area (TPSA) is 58.6 Å². The Morgan fingerprint density at radius 2 is 2.04 bits per heavy atom. The maximum absolute atomic E-state index is 12.7. The molecule has 28 heavy (non-hydrogen) atoms. The SMILES string of the molecule is COc1ccccc1/C=C1\SC(=S)N(CCC(=O)Nc2cccc(C)c2)C1=O. The molecule has 1 saturated heterocycles. The number of nitrogens with zero attached hydrogens (tertiary/aromatic N) is 1. The monoisotopic (exact) mass is 412 g/mol. The van der Waals surface area contributed by atoms with Gasteiger partial charge in [0.1, 0.15) is 10.1 Å². The molecule has 2 aromatic rings. The van der Waals surface area contributed by atoms with E-state index in [1.165, 1.54) is 16.7 Å². The van der Waals surface area contributed by atoms with Gasteiger partial charge in [0, 0.05) is 24.2 Å². The molecular weight excluding hydrogens is 392 g/mol. The molecule has 0 unspecified atom stereocenters. The van der Waals surface area contributed by atoms with Gasteiger partial charge in [-0.3, -0.25) is 14.5 Å². The third-order valence-corrected chi connectivity index (χ3v) is 5.54. The molecule has 0 atom stereocenters. The van der Waals surface area contributed by atoms with E-state index in [0.717, 1.165) is 16.8 Å². The zero-order valence-corrected chi connectivity index (χ0v) is 17.2. The first-order valence-electron chi connectivity index (χ1n) is 8.73. The lowest BCUT2D eigenvalue weighted by Crippen LogP contribution is -2.31. The second kappa shape index (κ2) is 9.03. The Morgan fingerprint density at radius 3 is 2.79 bits per heavy atom. The summed E-state index contributed by atoms with van der Waals surface area (Å²) in [6, 6.07) is 15.0. The van der Waals surface area contributed by atoms with Crippen molar-refractivity contribution in [1.82, 2.24) is 4.90 Å². The van der Waals surface area contributed by atoms with E-state index in [1.54, 1.807) is 13.2 Å². The molecule has 1 aliphatic heterocycles. The molecule has 1 fully saturated rings. The molecule has 1 N–H and O–H groups in total. The zero-order chi connectivity index (χ0) is 20.1. The van der Waals surface area contributed by atoms with Crippen LogP contribution in [0.2, 0.25) is 0 Å². The lowest BCUT2D eigenvalue weighted by molar-refractivity contribution is -0.122. The van der Waals surface area contributed by atoms with E-state index in [-0.39, 0.29) is 24.8 Å². The van der Waals surface area contributed by atoms with Gasteiger partial charge in [0.25, 0.3) is 5.91 Å². The van der Waals surface area contributed by atoms with Gasteiger partial charge < -0.3 is 10.1 Å². The normalized spacial score (nSPS) is 15.2. The van der Waals surface area contributed by atoms with Gasteiger partial charge >= 0.3 is 0 Å². The molecule has 0 aliphatic carbocycles. The van der Waals surface area contributed by atoms with Gasteiger partial charge in [0.15, 0.2) is 0 Å². The molecule has 0 spiro atoms. The summed E-state index contributed by atoms with van der Waals surface area (Å²) in [5.74, 6) is 0.336. The van der Waals surface area contributed by atoms with Crippen molar-refractivity contribution in [3.05, 3.63) is 64.6 Å². The molecule has 5 nitrogen and oxygen atoms in total. The molecule has 0 bridgehead atoms. The fourth-order valence-electron chi connectivity index (χ4n) is 2.78. The number of ether oxygens (including phenoxy) is 1. The summed E-state index contributed by atoms with van der Waals surface area (Å²) in [5.41, 5.74) is 2.62. The van der Waals surface area contributed by atoms with Crippen LogP contribution in [0.25, 0.3) is 6.08 Å². The quantitative estimate of drug-likeness (QED) is 0.568. The lowest BCUT2D eigenvalue weighted by Gasteiger charge is -2.14. The van der Waals surface area contributed by atoms with Gasteiger partial charge in [-0.1, -0.05) is 54.3 Å². The number of benzene rings is 2. The first-order chi connectivity index (χ1) is 13.5. The minimum atomic E-state index is -0.190. The summed E-state index contributed by atoms with van der Waals surface area (Å²) in [6.45, 7) is 2.20. The third kappa shape index (κ3) is 4.79. The number of para-hydroxylation sites is 1. The Balaban J connectivity index is 1.64. The number of hydrogen-bond donors (Lipinski definition) is 1. The number of anilines is 1. The fraction of sp³-hybridized carbons (Fsp3) is 0.190. The van der Waals surface area contributed by atoms with Crippen molar-refractivity contribution in [3.63, 3.8) is 0 Å². The number of methoxy groups -OCH3 is 1. The minimum absolute atomic E-state index is 0.159. The van der Waals surface area contributed by atoms with Gasteiger partial charge in [-0.15, -0.1) is 0 Å². The van der Waals surface area contributed by atoms with E-state index in [9.17, 15) is 9.59 Å². The molecule has 0 saturated carbocycles. The molecule has 0 aromatic heterocycles. The maximum atomic E-state index is 12.7. The summed E-state index contributed by atoms with van der Waals surface area (Å²) in [4.78, 5) is 26.9. The molecule has 1 aliphatic rings. The van der Waals surface area contributed by atoms with Crippen LogP contribution in [-0.4, -0.2) is 34.7 Å². The van der Waals surface area contributed by atoms with Crippen LogP contribution in [0, 0.1) is 6.92 Å². The molecule has 2 aromatic carbocycles. The van der Waals surface area contributed by atoms with E-state index in [4.69, 9.17) is 17.0 Å². The van der Waals surface area contributed by atoms with Crippen LogP contribution in [0.4, 0.5) is 5.69 Å². The Hall–Kier alpha value is -2.64. The van der Waals surface area contributed by atoms with Gasteiger partial charge in [0.2, 0.25) is 5.91 Å². The van der Waals surface area contributed by atoms with E-state index >= 15 is 0 Å². The summed E-state index contributed by atoms with van der Waals surface area (Å²) >= 11 is 6.57. The predicted molar refractivity (Wildman–Crippen MR) is 117 cm³/mol. The van der Waals surface area contributed by atoms with Gasteiger partial charge in [0.05, 0.1) is 12.0 Å². The third-order valence-electron chi connectivity index (χ3n) is 4.16. The molecule has 0 radical (unpaired) electrons. The second-order valence-electron chi connectivity index (χ2n) is 6.24. The van der Waals surface area contributed by atoms with Crippen LogP contribution < -0.4 is 10.1 Å². The number of carbonyl (C=O) groups excluding carboxylic acids is 2. The molecular formula is C21H20N2O3S2. The number of nitrogens with one attached hydrogen (secondary N) is 1. The Bertz CT molecular complexity index is 956. The van der Waals surface area contributed by atoms with Gasteiger partial charge in [-0.05, 0) is 36.8 Å². The van der Waals surface area contributed by atoms with Crippen molar-refractivity contribution in [2.45, 2.75) is 13.3 Å². The highest BCUT2D eigenvalue weighted by Gasteiger charge is 2.32. The highest BCUT2D eigenvalue weighted by atomic mass is 32.2. The number of rotatable bonds is 6. The smallest absolute Gasteiger partial charge is 0.266 e. The second-order valence-corrected chi connectivity index (χ2v) is 7.92. The summed E-state index contributed by atoms with van der Waals surface area (Å²) in [5, 5.41) is 2.84. The highest BCUT2D eigenvalue weighted by molar-refractivity contribution is 8.26. The Morgan fingerprint density at radius 1 is 1.25 bits per heavy atom. The van der Waals surface area contributed by atoms with E-state index in [0.29, 0.717) is 15.0 Å². The standard InChI is InChI=1S/C21H20N2O3S2/c1-14-6-5-8-16(12-14)22-19(24)10-11-23-20(25)18(28-21(23)27)13-15-7-3-4-9-17(15)26-2/h3-9,12-13H,10-11H2,1-2H3,(H,22,24)/b18-13-. The molecule has 1 heterocycles. The first-order valence-corrected chi connectivity index (χ1v) is 9.95. The average molecular weight is 413 g/mol. The van der Waals surface area contributed by atoms with Crippen LogP contribution in [-0.2, 0) is 9.59 Å². The molecule has 144 valence electrons. The van der Waals surface area contributed by atoms with Gasteiger partial charge in [-0.25, -0.2) is 0 Å². The minimum Gasteiger partial charge on any atom is -0.496 e. The number of thioether (sulfide) groups is 1. The maximum Gasteiger partial charge on any atom is 0.266 e. The van der Waals surface area contributed by atoms with E-state index in [2.05, 4.69) is 5.32 Å². The number of carbonyl (C=O) groups is 2. The van der Waals surface area contributed by atoms with E-state index < -0.39 is 0 Å². The number of thiocarbonyl (C=S) groups is 1. The van der Waals surface area contributed by atoms with Crippen LogP contribution in [0.3, 0.4) is 0 Å². The Kier molecular flexibility index (Phi) is 6.49. The largest absolute Gasteiger partial charge is 0.496 e. The summed E-state index contributed by atoms with van der Waals surface area (Å²) in [7, 11) is 1.59. The van der Waals surface area contributed by atoms with Crippen LogP contribution in [0.1, 0.15) is 17.5 Å². The van der Waals surface area contributed by atoms with Crippen molar-refractivity contribution < 1.29 is 14.3 Å².